The number of hydrogen-bond donors (Lipinski definition) is 1. The number of nitrogens with zero attached hydrogens (tertiary/aromatic N) is 1. The molecule has 20 heavy (non-hydrogen) atoms. The van der Waals surface area contributed by atoms with E-state index in [-0.39, 0.29) is 5.56 Å². The van der Waals surface area contributed by atoms with Gasteiger partial charge in [-0.15, -0.1) is 0 Å². The van der Waals surface area contributed by atoms with E-state index in [1.165, 1.54) is 0 Å². The van der Waals surface area contributed by atoms with Gasteiger partial charge in [0.2, 0.25) is 0 Å². The normalized spacial score (nSPS) is 10.3. The second-order valence-electron chi connectivity index (χ2n) is 3.77. The summed E-state index contributed by atoms with van der Waals surface area (Å²) in [5.74, 6) is -2.51. The largest absolute Gasteiger partial charge is 0.353 e. The molecule has 0 radical (unpaired) electrons. The molecule has 0 aliphatic carbocycles. The third-order valence-corrected chi connectivity index (χ3v) is 3.60. The predicted molar refractivity (Wildman–Crippen MR) is 77.8 cm³/mol. The van der Waals surface area contributed by atoms with Crippen molar-refractivity contribution in [2.45, 2.75) is 10.7 Å². The quantitative estimate of drug-likeness (QED) is 0.781. The van der Waals surface area contributed by atoms with E-state index in [1.807, 2.05) is 6.07 Å². The van der Waals surface area contributed by atoms with E-state index >= 15 is 0 Å². The van der Waals surface area contributed by atoms with Gasteiger partial charge in [-0.05, 0) is 24.3 Å². The molecule has 2 aromatic carbocycles. The number of rotatable bonds is 4. The maximum absolute atomic E-state index is 12.5. The molecule has 0 unspecified atom stereocenters. The molecule has 0 fully saturated rings. The molecule has 0 heterocycles. The average molecular weight is 311 g/mol. The van der Waals surface area contributed by atoms with Crippen molar-refractivity contribution in [3.63, 3.8) is 0 Å². The van der Waals surface area contributed by atoms with E-state index in [9.17, 15) is 8.78 Å². The minimum absolute atomic E-state index is 0.283. The van der Waals surface area contributed by atoms with E-state index in [4.69, 9.17) is 16.9 Å². The molecule has 1 N–H and O–H groups in total. The Morgan fingerprint density at radius 2 is 1.80 bits per heavy atom. The summed E-state index contributed by atoms with van der Waals surface area (Å²) in [4.78, 5) is 0.409. The first kappa shape index (κ1) is 14.6. The van der Waals surface area contributed by atoms with Crippen LogP contribution >= 0.6 is 23.4 Å². The topological polar surface area (TPSA) is 35.8 Å². The van der Waals surface area contributed by atoms with Crippen molar-refractivity contribution in [3.8, 4) is 6.07 Å². The molecule has 6 heteroatoms. The fourth-order valence-corrected chi connectivity index (χ4v) is 2.47. The van der Waals surface area contributed by atoms with Crippen molar-refractivity contribution in [3.05, 3.63) is 53.1 Å². The number of alkyl halides is 2. The van der Waals surface area contributed by atoms with E-state index in [0.29, 0.717) is 33.1 Å². The number of benzene rings is 2. The molecule has 2 aromatic rings. The average Bonchev–Trinajstić information content (AvgIpc) is 2.41. The molecule has 0 aliphatic rings. The Bertz CT molecular complexity index is 656. The van der Waals surface area contributed by atoms with Crippen molar-refractivity contribution >= 4 is 34.7 Å². The molecule has 2 rings (SSSR count). The molecule has 0 amide bonds. The molecule has 2 nitrogen and oxygen atoms in total. The molecule has 0 spiro atoms. The zero-order chi connectivity index (χ0) is 14.5. The lowest BCUT2D eigenvalue weighted by Crippen LogP contribution is -1.96. The highest BCUT2D eigenvalue weighted by molar-refractivity contribution is 7.99. The van der Waals surface area contributed by atoms with Gasteiger partial charge in [-0.25, -0.2) is 0 Å². The van der Waals surface area contributed by atoms with Crippen LogP contribution in [0.15, 0.2) is 47.4 Å². The van der Waals surface area contributed by atoms with E-state index in [1.54, 1.807) is 42.5 Å². The number of hydrogen-bond acceptors (Lipinski definition) is 3. The van der Waals surface area contributed by atoms with Crippen molar-refractivity contribution in [1.29, 1.82) is 5.26 Å². The lowest BCUT2D eigenvalue weighted by atomic mass is 10.2. The molecular formula is C14H9ClF2N2S. The van der Waals surface area contributed by atoms with E-state index in [0.717, 1.165) is 0 Å². The first-order valence-corrected chi connectivity index (χ1v) is 6.87. The van der Waals surface area contributed by atoms with Crippen LogP contribution in [0, 0.1) is 11.3 Å². The van der Waals surface area contributed by atoms with Crippen LogP contribution in [-0.2, 0) is 0 Å². The van der Waals surface area contributed by atoms with Crippen LogP contribution < -0.4 is 5.32 Å². The van der Waals surface area contributed by atoms with Crippen LogP contribution in [0.1, 0.15) is 5.56 Å². The molecule has 0 saturated carbocycles. The Morgan fingerprint density at radius 3 is 2.50 bits per heavy atom. The fourth-order valence-electron chi connectivity index (χ4n) is 1.66. The van der Waals surface area contributed by atoms with Crippen LogP contribution in [0.5, 0.6) is 0 Å². The van der Waals surface area contributed by atoms with Gasteiger partial charge in [-0.1, -0.05) is 41.6 Å². The number of thioether (sulfide) groups is 1. The monoisotopic (exact) mass is 310 g/mol. The number of para-hydroxylation sites is 1. The Labute approximate surface area is 124 Å². The molecule has 0 saturated heterocycles. The molecule has 0 aliphatic heterocycles. The minimum Gasteiger partial charge on any atom is -0.353 e. The first-order valence-electron chi connectivity index (χ1n) is 5.61. The van der Waals surface area contributed by atoms with Crippen molar-refractivity contribution in [2.75, 3.05) is 5.32 Å². The van der Waals surface area contributed by atoms with Gasteiger partial charge in [0.05, 0.1) is 22.0 Å². The maximum atomic E-state index is 12.5. The van der Waals surface area contributed by atoms with Crippen LogP contribution in [-0.4, -0.2) is 5.76 Å². The highest BCUT2D eigenvalue weighted by Gasteiger charge is 2.12. The van der Waals surface area contributed by atoms with Gasteiger partial charge in [-0.2, -0.15) is 14.0 Å². The number of anilines is 2. The summed E-state index contributed by atoms with van der Waals surface area (Å²) < 4.78 is 25.0. The standard InChI is InChI=1S/C14H9ClF2N2S/c15-10-4-3-6-11(9(10)8-18)19-12-5-1-2-7-13(12)20-14(16)17/h1-7,14,19H. The third kappa shape index (κ3) is 3.41. The Hall–Kier alpha value is -1.77. The van der Waals surface area contributed by atoms with Gasteiger partial charge < -0.3 is 5.32 Å². The van der Waals surface area contributed by atoms with Crippen molar-refractivity contribution in [1.82, 2.24) is 0 Å². The Kier molecular flexibility index (Phi) is 4.83. The van der Waals surface area contributed by atoms with Crippen LogP contribution in [0.3, 0.4) is 0 Å². The lowest BCUT2D eigenvalue weighted by molar-refractivity contribution is 0.252. The van der Waals surface area contributed by atoms with Crippen molar-refractivity contribution < 1.29 is 8.78 Å². The molecule has 102 valence electrons. The Balaban J connectivity index is 2.36. The number of nitrogens with one attached hydrogen (secondary N) is 1. The van der Waals surface area contributed by atoms with Crippen LogP contribution in [0.4, 0.5) is 20.2 Å². The SMILES string of the molecule is N#Cc1c(Cl)cccc1Nc1ccccc1SC(F)F. The number of nitriles is 1. The van der Waals surface area contributed by atoms with Gasteiger partial charge in [0, 0.05) is 4.90 Å². The van der Waals surface area contributed by atoms with Crippen molar-refractivity contribution in [2.24, 2.45) is 0 Å². The third-order valence-electron chi connectivity index (χ3n) is 2.50. The predicted octanol–water partition coefficient (Wildman–Crippen LogP) is 5.27. The van der Waals surface area contributed by atoms with Gasteiger partial charge in [0.15, 0.2) is 0 Å². The summed E-state index contributed by atoms with van der Waals surface area (Å²) in [5.41, 5.74) is 1.28. The summed E-state index contributed by atoms with van der Waals surface area (Å²) >= 11 is 6.38. The van der Waals surface area contributed by atoms with Gasteiger partial charge in [0.25, 0.3) is 5.76 Å². The van der Waals surface area contributed by atoms with Crippen LogP contribution in [0.2, 0.25) is 5.02 Å². The summed E-state index contributed by atoms with van der Waals surface area (Å²) in [7, 11) is 0. The van der Waals surface area contributed by atoms with Gasteiger partial charge >= 0.3 is 0 Å². The lowest BCUT2D eigenvalue weighted by Gasteiger charge is -2.13. The molecular weight excluding hydrogens is 302 g/mol. The van der Waals surface area contributed by atoms with Crippen LogP contribution in [0.25, 0.3) is 0 Å². The smallest absolute Gasteiger partial charge is 0.288 e. The second kappa shape index (κ2) is 6.60. The fraction of sp³-hybridized carbons (Fsp3) is 0.0714. The highest BCUT2D eigenvalue weighted by Crippen LogP contribution is 2.34. The number of halogens is 3. The van der Waals surface area contributed by atoms with Gasteiger partial charge in [0.1, 0.15) is 6.07 Å². The maximum Gasteiger partial charge on any atom is 0.288 e. The van der Waals surface area contributed by atoms with Gasteiger partial charge in [-0.3, -0.25) is 0 Å². The van der Waals surface area contributed by atoms with E-state index < -0.39 is 5.76 Å². The summed E-state index contributed by atoms with van der Waals surface area (Å²) in [5, 5.41) is 12.4. The summed E-state index contributed by atoms with van der Waals surface area (Å²) in [6.45, 7) is 0. The second-order valence-corrected chi connectivity index (χ2v) is 5.21. The zero-order valence-electron chi connectivity index (χ0n) is 10.1. The Morgan fingerprint density at radius 1 is 1.10 bits per heavy atom. The summed E-state index contributed by atoms with van der Waals surface area (Å²) in [6, 6.07) is 13.6. The summed E-state index contributed by atoms with van der Waals surface area (Å²) in [6.07, 6.45) is 0. The molecule has 0 bridgehead atoms. The zero-order valence-corrected chi connectivity index (χ0v) is 11.7. The highest BCUT2D eigenvalue weighted by atomic mass is 35.5. The first-order chi connectivity index (χ1) is 9.61. The van der Waals surface area contributed by atoms with E-state index in [2.05, 4.69) is 5.32 Å². The molecule has 0 aromatic heterocycles. The molecule has 0 atom stereocenters. The minimum atomic E-state index is -2.51.